The van der Waals surface area contributed by atoms with Crippen molar-refractivity contribution < 1.29 is 33.7 Å². The number of halogens is 2. The van der Waals surface area contributed by atoms with Gasteiger partial charge in [-0.15, -0.1) is 0 Å². The molecule has 2 aromatic carbocycles. The number of ether oxygens (including phenoxy) is 2. The van der Waals surface area contributed by atoms with Crippen molar-refractivity contribution in [1.29, 1.82) is 0 Å². The number of carboxylic acid groups (broad SMARTS) is 1. The summed E-state index contributed by atoms with van der Waals surface area (Å²) in [5.41, 5.74) is 7.93. The molecule has 1 aliphatic carbocycles. The fraction of sp³-hybridized carbons (Fsp3) is 0.192. The Labute approximate surface area is 235 Å². The van der Waals surface area contributed by atoms with E-state index in [2.05, 4.69) is 15.3 Å². The van der Waals surface area contributed by atoms with Crippen LogP contribution in [0.4, 0.5) is 0 Å². The van der Waals surface area contributed by atoms with Gasteiger partial charge in [0.15, 0.2) is 28.6 Å². The first kappa shape index (κ1) is 28.4. The van der Waals surface area contributed by atoms with Crippen molar-refractivity contribution >= 4 is 46.0 Å². The minimum atomic E-state index is -1.36. The lowest BCUT2D eigenvalue weighted by Gasteiger charge is -2.20. The second-order valence-electron chi connectivity index (χ2n) is 8.32. The maximum absolute atomic E-state index is 12.7. The normalized spacial score (nSPS) is 10.8. The van der Waals surface area contributed by atoms with E-state index in [0.717, 1.165) is 0 Å². The number of carboxylic acids is 1. The van der Waals surface area contributed by atoms with E-state index in [1.54, 1.807) is 0 Å². The van der Waals surface area contributed by atoms with Crippen LogP contribution in [0, 0.1) is 0 Å². The van der Waals surface area contributed by atoms with E-state index in [-0.39, 0.29) is 79.2 Å². The van der Waals surface area contributed by atoms with Gasteiger partial charge in [-0.25, -0.2) is 4.79 Å². The highest BCUT2D eigenvalue weighted by Gasteiger charge is 2.29. The molecule has 0 aromatic heterocycles. The number of nitrogens with zero attached hydrogens (tertiary/aromatic N) is 3. The third-order valence-corrected chi connectivity index (χ3v) is 6.75. The molecule has 1 amide bonds. The standard InChI is InChI=1S/C26H20Cl2N4O8/c1-38-16-9-14-18(12-5-4-11(8-13(12)26(36)37)25(35)30-6-3-7-31-32-29)15-10-17(39-2)22(34)20(28)24(15)40-23(14)19(27)21(16)33/h4-5,8-10,33H,3,6-7H2,1-2H3,(H,30,35)(H,36,37). The Morgan fingerprint density at radius 3 is 2.48 bits per heavy atom. The quantitative estimate of drug-likeness (QED) is 0.0729. The molecule has 206 valence electrons. The predicted molar refractivity (Wildman–Crippen MR) is 147 cm³/mol. The number of aromatic hydroxyl groups is 1. The summed E-state index contributed by atoms with van der Waals surface area (Å²) in [5.74, 6) is -2.61. The zero-order valence-electron chi connectivity index (χ0n) is 20.9. The number of fused-ring (bicyclic) bond motifs is 2. The highest BCUT2D eigenvalue weighted by Crippen LogP contribution is 2.50. The number of phenols is 1. The van der Waals surface area contributed by atoms with Crippen LogP contribution < -0.4 is 20.2 Å². The van der Waals surface area contributed by atoms with Gasteiger partial charge < -0.3 is 29.4 Å². The molecule has 2 aromatic rings. The largest absolute Gasteiger partial charge is 0.503 e. The number of carbonyl (C=O) groups is 2. The molecule has 1 aliphatic heterocycles. The summed E-state index contributed by atoms with van der Waals surface area (Å²) in [4.78, 5) is 40.5. The minimum absolute atomic E-state index is 0.0274. The summed E-state index contributed by atoms with van der Waals surface area (Å²) >= 11 is 12.8. The van der Waals surface area contributed by atoms with Crippen LogP contribution in [0.5, 0.6) is 17.2 Å². The molecule has 40 heavy (non-hydrogen) atoms. The number of phenolic OH excluding ortho intramolecular Hbond substituents is 1. The smallest absolute Gasteiger partial charge is 0.336 e. The zero-order chi connectivity index (χ0) is 29.1. The average molecular weight is 587 g/mol. The molecule has 0 radical (unpaired) electrons. The monoisotopic (exact) mass is 586 g/mol. The molecule has 0 atom stereocenters. The molecule has 0 fully saturated rings. The summed E-state index contributed by atoms with van der Waals surface area (Å²) in [6.45, 7) is 0.392. The lowest BCUT2D eigenvalue weighted by Crippen LogP contribution is -2.25. The number of nitrogens with one attached hydrogen (secondary N) is 1. The van der Waals surface area contributed by atoms with Crippen LogP contribution >= 0.6 is 23.2 Å². The number of rotatable bonds is 9. The summed E-state index contributed by atoms with van der Waals surface area (Å²) < 4.78 is 16.3. The Balaban J connectivity index is 2.02. The van der Waals surface area contributed by atoms with Gasteiger partial charge in [0.2, 0.25) is 5.43 Å². The number of carbonyl (C=O) groups excluding carboxylic acids is 1. The van der Waals surface area contributed by atoms with E-state index in [1.807, 2.05) is 0 Å². The van der Waals surface area contributed by atoms with Crippen molar-refractivity contribution in [2.75, 3.05) is 27.3 Å². The van der Waals surface area contributed by atoms with Crippen LogP contribution in [-0.2, 0) is 0 Å². The SMILES string of the molecule is COc1cc2c(-c3ccc(C(=O)NCCCN=[N+]=[N-])cc3C(=O)O)c3cc(OC)c(=O)c(Cl)c-3oc2c(Cl)c1O. The highest BCUT2D eigenvalue weighted by molar-refractivity contribution is 6.38. The van der Waals surface area contributed by atoms with Gasteiger partial charge >= 0.3 is 5.97 Å². The molecular weight excluding hydrogens is 567 g/mol. The van der Waals surface area contributed by atoms with Crippen LogP contribution in [0.3, 0.4) is 0 Å². The third kappa shape index (κ3) is 5.03. The Morgan fingerprint density at radius 1 is 1.10 bits per heavy atom. The number of azide groups is 1. The molecule has 2 aliphatic rings. The van der Waals surface area contributed by atoms with E-state index >= 15 is 0 Å². The number of aromatic carboxylic acids is 1. The van der Waals surface area contributed by atoms with Crippen LogP contribution in [0.25, 0.3) is 43.9 Å². The molecule has 1 heterocycles. The molecule has 4 rings (SSSR count). The summed E-state index contributed by atoms with van der Waals surface area (Å²) in [5, 5.41) is 26.3. The van der Waals surface area contributed by atoms with Gasteiger partial charge in [0.05, 0.1) is 19.8 Å². The summed E-state index contributed by atoms with van der Waals surface area (Å²) in [7, 11) is 2.58. The van der Waals surface area contributed by atoms with Crippen molar-refractivity contribution in [3.8, 4) is 39.7 Å². The number of methoxy groups -OCH3 is 2. The molecular formula is C26H20Cl2N4O8. The van der Waals surface area contributed by atoms with E-state index < -0.39 is 23.1 Å². The second kappa shape index (κ2) is 11.6. The van der Waals surface area contributed by atoms with E-state index in [0.29, 0.717) is 6.42 Å². The molecule has 0 saturated heterocycles. The Morgan fingerprint density at radius 2 is 1.82 bits per heavy atom. The molecule has 12 nitrogen and oxygen atoms in total. The lowest BCUT2D eigenvalue weighted by molar-refractivity contribution is 0.0697. The maximum Gasteiger partial charge on any atom is 0.336 e. The van der Waals surface area contributed by atoms with E-state index in [1.165, 1.54) is 44.6 Å². The van der Waals surface area contributed by atoms with Crippen molar-refractivity contribution in [2.24, 2.45) is 5.11 Å². The zero-order valence-corrected chi connectivity index (χ0v) is 22.5. The molecule has 0 saturated carbocycles. The van der Waals surface area contributed by atoms with Crippen molar-refractivity contribution in [1.82, 2.24) is 5.32 Å². The van der Waals surface area contributed by atoms with Crippen molar-refractivity contribution in [2.45, 2.75) is 6.42 Å². The lowest BCUT2D eigenvalue weighted by atomic mass is 9.89. The van der Waals surface area contributed by atoms with Gasteiger partial charge in [-0.3, -0.25) is 9.59 Å². The molecule has 0 unspecified atom stereocenters. The van der Waals surface area contributed by atoms with Crippen molar-refractivity contribution in [3.63, 3.8) is 0 Å². The van der Waals surface area contributed by atoms with Gasteiger partial charge in [-0.1, -0.05) is 34.4 Å². The number of benzene rings is 3. The highest BCUT2D eigenvalue weighted by atomic mass is 35.5. The van der Waals surface area contributed by atoms with Gasteiger partial charge in [0.25, 0.3) is 5.91 Å². The number of hydrogen-bond donors (Lipinski definition) is 3. The maximum atomic E-state index is 12.7. The third-order valence-electron chi connectivity index (χ3n) is 6.05. The Bertz CT molecular complexity index is 1750. The van der Waals surface area contributed by atoms with E-state index in [9.17, 15) is 24.6 Å². The van der Waals surface area contributed by atoms with Crippen LogP contribution in [0.2, 0.25) is 10.0 Å². The first-order valence-electron chi connectivity index (χ1n) is 11.5. The van der Waals surface area contributed by atoms with Crippen LogP contribution in [0.1, 0.15) is 27.1 Å². The topological polar surface area (TPSA) is 184 Å². The van der Waals surface area contributed by atoms with Gasteiger partial charge in [0, 0.05) is 40.1 Å². The molecule has 3 N–H and O–H groups in total. The van der Waals surface area contributed by atoms with Crippen LogP contribution in [-0.4, -0.2) is 49.4 Å². The summed E-state index contributed by atoms with van der Waals surface area (Å²) in [6, 6.07) is 6.79. The Hall–Kier alpha value is -4.64. The Kier molecular flexibility index (Phi) is 8.24. The first-order chi connectivity index (χ1) is 19.1. The molecule has 0 bridgehead atoms. The average Bonchev–Trinajstić information content (AvgIpc) is 2.95. The van der Waals surface area contributed by atoms with Gasteiger partial charge in [-0.05, 0) is 41.8 Å². The molecule has 0 spiro atoms. The van der Waals surface area contributed by atoms with Gasteiger partial charge in [0.1, 0.15) is 10.0 Å². The number of amides is 1. The fourth-order valence-electron chi connectivity index (χ4n) is 4.19. The second-order valence-corrected chi connectivity index (χ2v) is 9.08. The van der Waals surface area contributed by atoms with E-state index in [4.69, 9.17) is 42.6 Å². The molecule has 14 heteroatoms. The predicted octanol–water partition coefficient (Wildman–Crippen LogP) is 5.72. The summed E-state index contributed by atoms with van der Waals surface area (Å²) in [6.07, 6.45) is 0.394. The minimum Gasteiger partial charge on any atom is -0.503 e. The van der Waals surface area contributed by atoms with Crippen LogP contribution in [0.15, 0.2) is 44.7 Å². The first-order valence-corrected chi connectivity index (χ1v) is 12.3. The van der Waals surface area contributed by atoms with Gasteiger partial charge in [-0.2, -0.15) is 0 Å². The van der Waals surface area contributed by atoms with Crippen molar-refractivity contribution in [3.05, 3.63) is 72.2 Å². The number of hydrogen-bond acceptors (Lipinski definition) is 8. The fourth-order valence-corrected chi connectivity index (χ4v) is 4.65.